The molecule has 0 saturated carbocycles. The summed E-state index contributed by atoms with van der Waals surface area (Å²) in [6.45, 7) is 6.47. The number of rotatable bonds is 46. The van der Waals surface area contributed by atoms with E-state index in [0.29, 0.717) is 19.3 Å². The summed E-state index contributed by atoms with van der Waals surface area (Å²) in [4.78, 5) is 26.0. The van der Waals surface area contributed by atoms with Crippen LogP contribution < -0.4 is 5.32 Å². The Morgan fingerprint density at radius 1 is 0.491 bits per heavy atom. The molecule has 6 nitrogen and oxygen atoms in total. The van der Waals surface area contributed by atoms with Crippen LogP contribution in [0.1, 0.15) is 278 Å². The molecule has 0 radical (unpaired) electrons. The smallest absolute Gasteiger partial charge is 0.306 e. The minimum atomic E-state index is -0.785. The summed E-state index contributed by atoms with van der Waals surface area (Å²) in [5, 5.41) is 23.7. The topological polar surface area (TPSA) is 95.9 Å². The van der Waals surface area contributed by atoms with Crippen molar-refractivity contribution < 1.29 is 24.5 Å². The second-order valence-electron chi connectivity index (χ2n) is 17.6. The third kappa shape index (κ3) is 41.1. The van der Waals surface area contributed by atoms with Crippen LogP contribution in [0, 0.1) is 0 Å². The molecule has 0 aliphatic heterocycles. The highest BCUT2D eigenvalue weighted by Crippen LogP contribution is 2.18. The van der Waals surface area contributed by atoms with Crippen LogP contribution in [-0.4, -0.2) is 46.9 Å². The predicted molar refractivity (Wildman–Crippen MR) is 246 cm³/mol. The molecule has 3 atom stereocenters. The molecule has 338 valence electrons. The number of aliphatic hydroxyl groups excluding tert-OH is 2. The van der Waals surface area contributed by atoms with Gasteiger partial charge in [0.2, 0.25) is 5.91 Å². The standard InChI is InChI=1S/C51H99NO5/c1-4-7-10-13-16-19-22-24-26-28-31-34-37-40-43-49(54)48(46-53)52-50(55)45-47(42-39-36-33-30-21-18-15-12-9-6-3)57-51(56)44-41-38-35-32-29-27-25-23-20-17-14-11-8-5-2/h18,21,47-49,53-54H,4-17,19-20,22-46H2,1-3H3,(H,52,55)/b21-18-. The molecule has 3 unspecified atom stereocenters. The van der Waals surface area contributed by atoms with Gasteiger partial charge in [-0.25, -0.2) is 0 Å². The minimum Gasteiger partial charge on any atom is -0.462 e. The number of allylic oxidation sites excluding steroid dienone is 2. The molecule has 0 fully saturated rings. The van der Waals surface area contributed by atoms with E-state index in [1.165, 1.54) is 167 Å². The zero-order chi connectivity index (χ0) is 41.7. The first kappa shape index (κ1) is 55.6. The second kappa shape index (κ2) is 45.7. The Morgan fingerprint density at radius 2 is 0.842 bits per heavy atom. The summed E-state index contributed by atoms with van der Waals surface area (Å²) < 4.78 is 5.91. The maximum absolute atomic E-state index is 13.2. The highest BCUT2D eigenvalue weighted by atomic mass is 16.5. The van der Waals surface area contributed by atoms with E-state index >= 15 is 0 Å². The van der Waals surface area contributed by atoms with Crippen molar-refractivity contribution in [3.8, 4) is 0 Å². The first-order chi connectivity index (χ1) is 28.0. The van der Waals surface area contributed by atoms with Crippen molar-refractivity contribution in [2.24, 2.45) is 0 Å². The van der Waals surface area contributed by atoms with E-state index in [4.69, 9.17) is 4.74 Å². The van der Waals surface area contributed by atoms with Crippen molar-refractivity contribution in [1.29, 1.82) is 0 Å². The average Bonchev–Trinajstić information content (AvgIpc) is 3.20. The molecule has 0 aromatic rings. The molecular weight excluding hydrogens is 707 g/mol. The van der Waals surface area contributed by atoms with Crippen molar-refractivity contribution in [1.82, 2.24) is 5.32 Å². The molecule has 0 bridgehead atoms. The van der Waals surface area contributed by atoms with Gasteiger partial charge in [0, 0.05) is 6.42 Å². The Bertz CT molecular complexity index is 863. The Kier molecular flexibility index (Phi) is 44.6. The van der Waals surface area contributed by atoms with Gasteiger partial charge < -0.3 is 20.3 Å². The molecule has 0 aromatic heterocycles. The number of nitrogens with one attached hydrogen (secondary N) is 1. The first-order valence-corrected chi connectivity index (χ1v) is 25.4. The molecule has 57 heavy (non-hydrogen) atoms. The SMILES string of the molecule is CCCCC/C=C\CCCCCC(CC(=O)NC(CO)C(O)CCCCCCCCCCCCCCCC)OC(=O)CCCCCCCCCCCCCCCC. The largest absolute Gasteiger partial charge is 0.462 e. The molecular formula is C51H99NO5. The number of carbonyl (C=O) groups is 2. The summed E-state index contributed by atoms with van der Waals surface area (Å²) in [5.41, 5.74) is 0. The highest BCUT2D eigenvalue weighted by Gasteiger charge is 2.24. The van der Waals surface area contributed by atoms with E-state index in [1.807, 2.05) is 0 Å². The van der Waals surface area contributed by atoms with E-state index < -0.39 is 18.2 Å². The van der Waals surface area contributed by atoms with Crippen LogP contribution in [0.4, 0.5) is 0 Å². The van der Waals surface area contributed by atoms with Gasteiger partial charge in [-0.1, -0.05) is 226 Å². The number of carbonyl (C=O) groups excluding carboxylic acids is 2. The normalized spacial score (nSPS) is 13.3. The molecule has 0 aliphatic carbocycles. The molecule has 0 aliphatic rings. The number of amides is 1. The van der Waals surface area contributed by atoms with Crippen molar-refractivity contribution in [2.45, 2.75) is 296 Å². The lowest BCUT2D eigenvalue weighted by molar-refractivity contribution is -0.151. The van der Waals surface area contributed by atoms with Crippen LogP contribution >= 0.6 is 0 Å². The molecule has 0 spiro atoms. The van der Waals surface area contributed by atoms with Crippen LogP contribution in [0.5, 0.6) is 0 Å². The summed E-state index contributed by atoms with van der Waals surface area (Å²) in [7, 11) is 0. The summed E-state index contributed by atoms with van der Waals surface area (Å²) in [6.07, 6.45) is 49.9. The fraction of sp³-hybridized carbons (Fsp3) is 0.922. The second-order valence-corrected chi connectivity index (χ2v) is 17.6. The number of aliphatic hydroxyl groups is 2. The van der Waals surface area contributed by atoms with E-state index in [0.717, 1.165) is 64.2 Å². The van der Waals surface area contributed by atoms with Gasteiger partial charge in [0.15, 0.2) is 0 Å². The Morgan fingerprint density at radius 3 is 1.28 bits per heavy atom. The lowest BCUT2D eigenvalue weighted by Crippen LogP contribution is -2.46. The molecule has 0 rings (SSSR count). The zero-order valence-corrected chi connectivity index (χ0v) is 38.5. The maximum Gasteiger partial charge on any atom is 0.306 e. The van der Waals surface area contributed by atoms with E-state index in [2.05, 4.69) is 38.2 Å². The van der Waals surface area contributed by atoms with E-state index in [-0.39, 0.29) is 24.9 Å². The van der Waals surface area contributed by atoms with Gasteiger partial charge in [0.05, 0.1) is 25.2 Å². The third-order valence-electron chi connectivity index (χ3n) is 11.8. The van der Waals surface area contributed by atoms with Gasteiger partial charge in [0.1, 0.15) is 6.10 Å². The zero-order valence-electron chi connectivity index (χ0n) is 38.5. The van der Waals surface area contributed by atoms with Gasteiger partial charge in [-0.15, -0.1) is 0 Å². The summed E-state index contributed by atoms with van der Waals surface area (Å²) in [6, 6.07) is -0.699. The number of hydrogen-bond donors (Lipinski definition) is 3. The molecule has 0 aromatic carbocycles. The Balaban J connectivity index is 4.47. The predicted octanol–water partition coefficient (Wildman–Crippen LogP) is 15.0. The highest BCUT2D eigenvalue weighted by molar-refractivity contribution is 5.77. The van der Waals surface area contributed by atoms with Crippen LogP contribution in [0.3, 0.4) is 0 Å². The number of unbranched alkanes of at least 4 members (excludes halogenated alkanes) is 32. The first-order valence-electron chi connectivity index (χ1n) is 25.4. The fourth-order valence-corrected chi connectivity index (χ4v) is 7.96. The van der Waals surface area contributed by atoms with Crippen molar-refractivity contribution >= 4 is 11.9 Å². The van der Waals surface area contributed by atoms with Crippen LogP contribution in [0.2, 0.25) is 0 Å². The van der Waals surface area contributed by atoms with Crippen molar-refractivity contribution in [2.75, 3.05) is 6.61 Å². The minimum absolute atomic E-state index is 0.0733. The van der Waals surface area contributed by atoms with Crippen LogP contribution in [-0.2, 0) is 14.3 Å². The number of esters is 1. The molecule has 3 N–H and O–H groups in total. The Hall–Kier alpha value is -1.40. The average molecular weight is 806 g/mol. The van der Waals surface area contributed by atoms with Gasteiger partial charge in [-0.2, -0.15) is 0 Å². The summed E-state index contributed by atoms with van der Waals surface area (Å²) in [5.74, 6) is -0.475. The molecule has 6 heteroatoms. The van der Waals surface area contributed by atoms with Gasteiger partial charge in [-0.3, -0.25) is 9.59 Å². The van der Waals surface area contributed by atoms with Crippen LogP contribution in [0.25, 0.3) is 0 Å². The van der Waals surface area contributed by atoms with Gasteiger partial charge in [0.25, 0.3) is 0 Å². The fourth-order valence-electron chi connectivity index (χ4n) is 7.96. The lowest BCUT2D eigenvalue weighted by Gasteiger charge is -2.24. The maximum atomic E-state index is 13.2. The van der Waals surface area contributed by atoms with Crippen LogP contribution in [0.15, 0.2) is 12.2 Å². The van der Waals surface area contributed by atoms with Gasteiger partial charge >= 0.3 is 5.97 Å². The molecule has 0 saturated heterocycles. The molecule has 1 amide bonds. The van der Waals surface area contributed by atoms with Crippen molar-refractivity contribution in [3.05, 3.63) is 12.2 Å². The molecule has 0 heterocycles. The van der Waals surface area contributed by atoms with Crippen molar-refractivity contribution in [3.63, 3.8) is 0 Å². The monoisotopic (exact) mass is 806 g/mol. The summed E-state index contributed by atoms with van der Waals surface area (Å²) >= 11 is 0. The Labute approximate surface area is 355 Å². The third-order valence-corrected chi connectivity index (χ3v) is 11.8. The number of hydrogen-bond acceptors (Lipinski definition) is 5. The van der Waals surface area contributed by atoms with Gasteiger partial charge in [-0.05, 0) is 51.4 Å². The quantitative estimate of drug-likeness (QED) is 0.0323. The number of ether oxygens (including phenoxy) is 1. The lowest BCUT2D eigenvalue weighted by atomic mass is 10.0. The van der Waals surface area contributed by atoms with E-state index in [1.54, 1.807) is 0 Å². The van der Waals surface area contributed by atoms with E-state index in [9.17, 15) is 19.8 Å².